The van der Waals surface area contributed by atoms with E-state index in [2.05, 4.69) is 21.7 Å². The molecule has 7 rings (SSSR count). The zero-order valence-corrected chi connectivity index (χ0v) is 28.8. The molecule has 1 aromatic heterocycles. The standard InChI is InChI=1S/C42H43N5O4/c1-43-40(31-12-6-3-7-13-31)42(51)47-23-8-14-36(47)38(48)25-29-16-21-34-32(24-29)27-35(45-34)30-17-19-33(20-18-30)44-41(50)37-15-9-22-46(37)39(49)26-28-10-4-2-5-11-28/h2-7,10-13,16-21,24,27,36-37,40,43,45H,8-9,14-15,22-23,25-26H2,1H3,(H,44,50)/t36-,37-,40+/m0/s1. The average molecular weight is 682 g/mol. The normalized spacial score (nSPS) is 17.8. The highest BCUT2D eigenvalue weighted by Gasteiger charge is 2.37. The first-order valence-corrected chi connectivity index (χ1v) is 17.8. The van der Waals surface area contributed by atoms with Crippen LogP contribution in [0.15, 0.2) is 109 Å². The second-order valence-electron chi connectivity index (χ2n) is 13.5. The molecule has 9 nitrogen and oxygen atoms in total. The van der Waals surface area contributed by atoms with Gasteiger partial charge in [-0.3, -0.25) is 19.2 Å². The number of anilines is 1. The fourth-order valence-corrected chi connectivity index (χ4v) is 7.54. The Morgan fingerprint density at radius 3 is 2.16 bits per heavy atom. The number of aromatic amines is 1. The van der Waals surface area contributed by atoms with Crippen molar-refractivity contribution in [2.45, 2.75) is 56.7 Å². The van der Waals surface area contributed by atoms with E-state index in [1.807, 2.05) is 103 Å². The van der Waals surface area contributed by atoms with E-state index in [9.17, 15) is 19.2 Å². The number of rotatable bonds is 11. The predicted octanol–water partition coefficient (Wildman–Crippen LogP) is 6.07. The average Bonchev–Trinajstić information content (AvgIpc) is 3.93. The van der Waals surface area contributed by atoms with Crippen molar-refractivity contribution in [3.05, 3.63) is 126 Å². The zero-order chi connectivity index (χ0) is 35.3. The smallest absolute Gasteiger partial charge is 0.247 e. The lowest BCUT2D eigenvalue weighted by Crippen LogP contribution is -2.46. The summed E-state index contributed by atoms with van der Waals surface area (Å²) < 4.78 is 0. The van der Waals surface area contributed by atoms with Crippen LogP contribution in [0.3, 0.4) is 0 Å². The number of carbonyl (C=O) groups is 4. The van der Waals surface area contributed by atoms with Crippen LogP contribution in [0.2, 0.25) is 0 Å². The third-order valence-electron chi connectivity index (χ3n) is 10.2. The molecule has 3 heterocycles. The summed E-state index contributed by atoms with van der Waals surface area (Å²) in [5, 5.41) is 7.14. The molecule has 2 aliphatic rings. The van der Waals surface area contributed by atoms with Crippen molar-refractivity contribution in [1.82, 2.24) is 20.1 Å². The Hall–Kier alpha value is -5.54. The van der Waals surface area contributed by atoms with Gasteiger partial charge in [0, 0.05) is 41.8 Å². The number of Topliss-reactive ketones (excluding diaryl/α,β-unsaturated/α-hetero) is 1. The summed E-state index contributed by atoms with van der Waals surface area (Å²) in [5.74, 6) is -0.210. The van der Waals surface area contributed by atoms with Gasteiger partial charge in [0.15, 0.2) is 5.78 Å². The first kappa shape index (κ1) is 33.9. The van der Waals surface area contributed by atoms with Crippen molar-refractivity contribution in [2.24, 2.45) is 0 Å². The van der Waals surface area contributed by atoms with Crippen molar-refractivity contribution in [3.63, 3.8) is 0 Å². The van der Waals surface area contributed by atoms with Gasteiger partial charge in [-0.2, -0.15) is 0 Å². The molecular formula is C42H43N5O4. The first-order chi connectivity index (χ1) is 24.9. The molecular weight excluding hydrogens is 638 g/mol. The van der Waals surface area contributed by atoms with Gasteiger partial charge in [-0.15, -0.1) is 0 Å². The van der Waals surface area contributed by atoms with Gasteiger partial charge in [0.1, 0.15) is 12.1 Å². The highest BCUT2D eigenvalue weighted by molar-refractivity contribution is 5.98. The Kier molecular flexibility index (Phi) is 10.1. The number of H-pyrrole nitrogens is 1. The van der Waals surface area contributed by atoms with E-state index in [0.717, 1.165) is 51.7 Å². The predicted molar refractivity (Wildman–Crippen MR) is 199 cm³/mol. The molecule has 0 bridgehead atoms. The number of carbonyl (C=O) groups excluding carboxylic acids is 4. The van der Waals surface area contributed by atoms with Crippen LogP contribution in [0.1, 0.15) is 48.4 Å². The van der Waals surface area contributed by atoms with Crippen LogP contribution in [0.4, 0.5) is 5.69 Å². The van der Waals surface area contributed by atoms with Crippen molar-refractivity contribution >= 4 is 40.1 Å². The summed E-state index contributed by atoms with van der Waals surface area (Å²) in [7, 11) is 1.78. The molecule has 2 aliphatic heterocycles. The maximum atomic E-state index is 13.6. The van der Waals surface area contributed by atoms with E-state index in [1.165, 1.54) is 0 Å². The zero-order valence-electron chi connectivity index (χ0n) is 28.8. The monoisotopic (exact) mass is 681 g/mol. The number of amides is 3. The lowest BCUT2D eigenvalue weighted by atomic mass is 9.99. The van der Waals surface area contributed by atoms with E-state index < -0.39 is 18.1 Å². The van der Waals surface area contributed by atoms with E-state index >= 15 is 0 Å². The molecule has 0 aliphatic carbocycles. The molecule has 0 radical (unpaired) electrons. The highest BCUT2D eigenvalue weighted by atomic mass is 16.2. The fraction of sp³-hybridized carbons (Fsp3) is 0.286. The second-order valence-corrected chi connectivity index (χ2v) is 13.5. The molecule has 3 atom stereocenters. The largest absolute Gasteiger partial charge is 0.355 e. The Bertz CT molecular complexity index is 2030. The summed E-state index contributed by atoms with van der Waals surface area (Å²) in [6, 6.07) is 33.6. The summed E-state index contributed by atoms with van der Waals surface area (Å²) in [6.07, 6.45) is 3.48. The lowest BCUT2D eigenvalue weighted by Gasteiger charge is -2.28. The molecule has 0 unspecified atom stereocenters. The molecule has 3 amide bonds. The number of hydrogen-bond donors (Lipinski definition) is 3. The van der Waals surface area contributed by atoms with Crippen molar-refractivity contribution in [1.29, 1.82) is 0 Å². The third kappa shape index (κ3) is 7.49. The van der Waals surface area contributed by atoms with Gasteiger partial charge in [-0.1, -0.05) is 78.9 Å². The maximum Gasteiger partial charge on any atom is 0.247 e. The quantitative estimate of drug-likeness (QED) is 0.157. The van der Waals surface area contributed by atoms with Crippen molar-refractivity contribution < 1.29 is 19.2 Å². The molecule has 2 fully saturated rings. The summed E-state index contributed by atoms with van der Waals surface area (Å²) >= 11 is 0. The molecule has 0 spiro atoms. The van der Waals surface area contributed by atoms with Gasteiger partial charge in [-0.25, -0.2) is 0 Å². The molecule has 51 heavy (non-hydrogen) atoms. The maximum absolute atomic E-state index is 13.6. The highest BCUT2D eigenvalue weighted by Crippen LogP contribution is 2.29. The van der Waals surface area contributed by atoms with Gasteiger partial charge >= 0.3 is 0 Å². The summed E-state index contributed by atoms with van der Waals surface area (Å²) in [5.41, 5.74) is 6.25. The van der Waals surface area contributed by atoms with Crippen LogP contribution < -0.4 is 10.6 Å². The molecule has 9 heteroatoms. The van der Waals surface area contributed by atoms with Gasteiger partial charge in [0.2, 0.25) is 17.7 Å². The Balaban J connectivity index is 0.977. The van der Waals surface area contributed by atoms with Crippen LogP contribution in [-0.4, -0.2) is 70.5 Å². The number of likely N-dealkylation sites (N-methyl/N-ethyl adjacent to an activating group) is 1. The number of nitrogens with one attached hydrogen (secondary N) is 3. The number of nitrogens with zero attached hydrogens (tertiary/aromatic N) is 2. The van der Waals surface area contributed by atoms with Gasteiger partial charge in [0.05, 0.1) is 12.5 Å². The SMILES string of the molecule is CN[C@@H](C(=O)N1CCC[C@H]1C(=O)Cc1ccc2[nH]c(-c3ccc(NC(=O)[C@@H]4CCCN4C(=O)Cc4ccccc4)cc3)cc2c1)c1ccccc1. The fourth-order valence-electron chi connectivity index (χ4n) is 7.54. The molecule has 2 saturated heterocycles. The Morgan fingerprint density at radius 2 is 1.43 bits per heavy atom. The number of aromatic nitrogens is 1. The molecule has 4 aromatic carbocycles. The lowest BCUT2D eigenvalue weighted by molar-refractivity contribution is -0.139. The minimum Gasteiger partial charge on any atom is -0.355 e. The van der Waals surface area contributed by atoms with E-state index in [1.54, 1.807) is 16.8 Å². The Morgan fingerprint density at radius 1 is 0.745 bits per heavy atom. The van der Waals surface area contributed by atoms with E-state index in [0.29, 0.717) is 31.6 Å². The van der Waals surface area contributed by atoms with Crippen LogP contribution in [0, 0.1) is 0 Å². The molecule has 260 valence electrons. The minimum absolute atomic E-state index is 0.0300. The second kappa shape index (κ2) is 15.1. The number of benzene rings is 4. The molecule has 0 saturated carbocycles. The molecule has 5 aromatic rings. The van der Waals surface area contributed by atoms with Gasteiger partial charge < -0.3 is 25.4 Å². The van der Waals surface area contributed by atoms with E-state index in [4.69, 9.17) is 0 Å². The molecule has 3 N–H and O–H groups in total. The van der Waals surface area contributed by atoms with Crippen LogP contribution in [-0.2, 0) is 32.0 Å². The van der Waals surface area contributed by atoms with Gasteiger partial charge in [0.25, 0.3) is 0 Å². The third-order valence-corrected chi connectivity index (χ3v) is 10.2. The van der Waals surface area contributed by atoms with Crippen molar-refractivity contribution in [3.8, 4) is 11.3 Å². The summed E-state index contributed by atoms with van der Waals surface area (Å²) in [4.78, 5) is 60.3. The summed E-state index contributed by atoms with van der Waals surface area (Å²) in [6.45, 7) is 1.17. The topological polar surface area (TPSA) is 115 Å². The Labute approximate surface area is 298 Å². The number of ketones is 1. The number of fused-ring (bicyclic) bond motifs is 1. The minimum atomic E-state index is -0.488. The number of likely N-dealkylation sites (tertiary alicyclic amines) is 2. The van der Waals surface area contributed by atoms with E-state index in [-0.39, 0.29) is 36.3 Å². The van der Waals surface area contributed by atoms with Gasteiger partial charge in [-0.05, 0) is 85.3 Å². The van der Waals surface area contributed by atoms with Crippen LogP contribution in [0.25, 0.3) is 22.2 Å². The van der Waals surface area contributed by atoms with Crippen LogP contribution in [0.5, 0.6) is 0 Å². The van der Waals surface area contributed by atoms with Crippen molar-refractivity contribution in [2.75, 3.05) is 25.5 Å². The van der Waals surface area contributed by atoms with Crippen LogP contribution >= 0.6 is 0 Å². The first-order valence-electron chi connectivity index (χ1n) is 17.8. The number of hydrogen-bond acceptors (Lipinski definition) is 5.